The van der Waals surface area contributed by atoms with E-state index in [1.165, 1.54) is 19.3 Å². The minimum absolute atomic E-state index is 0.598. The van der Waals surface area contributed by atoms with E-state index in [-0.39, 0.29) is 0 Å². The maximum atomic E-state index is 9.83. The van der Waals surface area contributed by atoms with Crippen LogP contribution in [0.4, 0.5) is 0 Å². The van der Waals surface area contributed by atoms with Gasteiger partial charge < -0.3 is 30.8 Å². The molecule has 6 heteroatoms. The summed E-state index contributed by atoms with van der Waals surface area (Å²) >= 11 is 0. The molecule has 0 bridgehead atoms. The second kappa shape index (κ2) is 8.92. The number of unbranched alkanes of at least 4 members (excludes halogenated alkanes) is 5. The summed E-state index contributed by atoms with van der Waals surface area (Å²) in [5.74, 6) is 0. The summed E-state index contributed by atoms with van der Waals surface area (Å²) < 4.78 is 0. The van der Waals surface area contributed by atoms with Crippen LogP contribution in [0.2, 0.25) is 0 Å². The van der Waals surface area contributed by atoms with E-state index in [0.29, 0.717) is 6.54 Å². The third-order valence-corrected chi connectivity index (χ3v) is 4.05. The van der Waals surface area contributed by atoms with Gasteiger partial charge in [-0.05, 0) is 13.0 Å². The maximum absolute atomic E-state index is 9.83. The lowest BCUT2D eigenvalue weighted by atomic mass is 9.83. The molecule has 0 aromatic heterocycles. The summed E-state index contributed by atoms with van der Waals surface area (Å²) in [6, 6.07) is -0.820. The Morgan fingerprint density at radius 2 is 1.10 bits per heavy atom. The van der Waals surface area contributed by atoms with E-state index < -0.39 is 36.6 Å². The van der Waals surface area contributed by atoms with E-state index in [2.05, 4.69) is 12.2 Å². The van der Waals surface area contributed by atoms with Gasteiger partial charge in [-0.1, -0.05) is 39.0 Å². The number of nitrogens with one attached hydrogen (secondary N) is 1. The molecule has 1 rings (SSSR count). The Morgan fingerprint density at radius 1 is 0.650 bits per heavy atom. The fourth-order valence-electron chi connectivity index (χ4n) is 2.65. The van der Waals surface area contributed by atoms with Gasteiger partial charge in [0.05, 0.1) is 6.04 Å². The van der Waals surface area contributed by atoms with Gasteiger partial charge in [0.15, 0.2) is 0 Å². The predicted molar refractivity (Wildman–Crippen MR) is 75.2 cm³/mol. The van der Waals surface area contributed by atoms with Crippen molar-refractivity contribution >= 4 is 0 Å². The average Bonchev–Trinajstić information content (AvgIpc) is 2.45. The van der Waals surface area contributed by atoms with Crippen molar-refractivity contribution in [3.8, 4) is 0 Å². The molecule has 1 fully saturated rings. The Bertz CT molecular complexity index is 250. The number of aliphatic hydroxyl groups is 5. The van der Waals surface area contributed by atoms with Crippen molar-refractivity contribution < 1.29 is 25.5 Å². The van der Waals surface area contributed by atoms with E-state index >= 15 is 0 Å². The van der Waals surface area contributed by atoms with Gasteiger partial charge in [-0.3, -0.25) is 0 Å². The SMILES string of the molecule is CCCCCCCCNC1C(O)C(O)C(O)C(O)C1O. The van der Waals surface area contributed by atoms with E-state index in [0.717, 1.165) is 19.3 Å². The first-order chi connectivity index (χ1) is 9.50. The van der Waals surface area contributed by atoms with E-state index in [9.17, 15) is 25.5 Å². The Labute approximate surface area is 120 Å². The molecule has 0 spiro atoms. The molecule has 6 N–H and O–H groups in total. The molecular weight excluding hydrogens is 262 g/mol. The van der Waals surface area contributed by atoms with Crippen LogP contribution in [0.15, 0.2) is 0 Å². The van der Waals surface area contributed by atoms with Gasteiger partial charge in [0.2, 0.25) is 0 Å². The first-order valence-corrected chi connectivity index (χ1v) is 7.64. The number of hydrogen-bond acceptors (Lipinski definition) is 6. The number of aliphatic hydroxyl groups excluding tert-OH is 5. The van der Waals surface area contributed by atoms with Crippen LogP contribution < -0.4 is 5.32 Å². The van der Waals surface area contributed by atoms with Crippen LogP contribution in [0.3, 0.4) is 0 Å². The van der Waals surface area contributed by atoms with Crippen molar-refractivity contribution in [3.05, 3.63) is 0 Å². The lowest BCUT2D eigenvalue weighted by Gasteiger charge is -2.42. The van der Waals surface area contributed by atoms with Gasteiger partial charge in [0.1, 0.15) is 30.5 Å². The Balaban J connectivity index is 2.27. The predicted octanol–water partition coefficient (Wildman–Crippen LogP) is -0.877. The molecule has 20 heavy (non-hydrogen) atoms. The Morgan fingerprint density at radius 3 is 1.65 bits per heavy atom. The van der Waals surface area contributed by atoms with Crippen molar-refractivity contribution in [1.29, 1.82) is 0 Å². The van der Waals surface area contributed by atoms with E-state index in [1.54, 1.807) is 0 Å². The molecular formula is C14H29NO5. The van der Waals surface area contributed by atoms with Crippen molar-refractivity contribution in [1.82, 2.24) is 5.32 Å². The third-order valence-electron chi connectivity index (χ3n) is 4.05. The standard InChI is InChI=1S/C14H29NO5/c1-2-3-4-5-6-7-8-15-9-10(16)12(18)14(20)13(19)11(9)17/h9-20H,2-8H2,1H3. The molecule has 0 amide bonds. The monoisotopic (exact) mass is 291 g/mol. The normalized spacial score (nSPS) is 38.1. The highest BCUT2D eigenvalue weighted by molar-refractivity contribution is 5.01. The van der Waals surface area contributed by atoms with Crippen molar-refractivity contribution in [2.75, 3.05) is 6.54 Å². The molecule has 0 saturated heterocycles. The lowest BCUT2D eigenvalue weighted by molar-refractivity contribution is -0.190. The van der Waals surface area contributed by atoms with Gasteiger partial charge in [-0.15, -0.1) is 0 Å². The largest absolute Gasteiger partial charge is 0.389 e. The Hall–Kier alpha value is -0.240. The van der Waals surface area contributed by atoms with Crippen molar-refractivity contribution in [2.45, 2.75) is 82.0 Å². The van der Waals surface area contributed by atoms with Crippen LogP contribution >= 0.6 is 0 Å². The maximum Gasteiger partial charge on any atom is 0.111 e. The molecule has 4 unspecified atom stereocenters. The molecule has 1 saturated carbocycles. The average molecular weight is 291 g/mol. The van der Waals surface area contributed by atoms with Gasteiger partial charge in [-0.25, -0.2) is 0 Å². The molecule has 1 aliphatic rings. The van der Waals surface area contributed by atoms with E-state index in [1.807, 2.05) is 0 Å². The highest BCUT2D eigenvalue weighted by atomic mass is 16.4. The zero-order chi connectivity index (χ0) is 15.1. The second-order valence-corrected chi connectivity index (χ2v) is 5.70. The van der Waals surface area contributed by atoms with Crippen LogP contribution in [0.25, 0.3) is 0 Å². The fraction of sp³-hybridized carbons (Fsp3) is 1.00. The number of rotatable bonds is 8. The van der Waals surface area contributed by atoms with Crippen LogP contribution in [0.1, 0.15) is 45.4 Å². The van der Waals surface area contributed by atoms with Gasteiger partial charge >= 0.3 is 0 Å². The smallest absolute Gasteiger partial charge is 0.111 e. The summed E-state index contributed by atoms with van der Waals surface area (Å²) in [7, 11) is 0. The summed E-state index contributed by atoms with van der Waals surface area (Å²) in [4.78, 5) is 0. The molecule has 1 aliphatic carbocycles. The molecule has 0 aromatic rings. The minimum atomic E-state index is -1.52. The first kappa shape index (κ1) is 17.8. The summed E-state index contributed by atoms with van der Waals surface area (Å²) in [5.41, 5.74) is 0. The van der Waals surface area contributed by atoms with Gasteiger partial charge in [0.25, 0.3) is 0 Å². The topological polar surface area (TPSA) is 113 Å². The van der Waals surface area contributed by atoms with Crippen LogP contribution in [-0.4, -0.2) is 68.6 Å². The van der Waals surface area contributed by atoms with Crippen molar-refractivity contribution in [3.63, 3.8) is 0 Å². The lowest BCUT2D eigenvalue weighted by Crippen LogP contribution is -2.67. The second-order valence-electron chi connectivity index (χ2n) is 5.70. The molecule has 0 heterocycles. The quantitative estimate of drug-likeness (QED) is 0.324. The highest BCUT2D eigenvalue weighted by Gasteiger charge is 2.47. The Kier molecular flexibility index (Phi) is 7.94. The minimum Gasteiger partial charge on any atom is -0.389 e. The van der Waals surface area contributed by atoms with Crippen LogP contribution in [0, 0.1) is 0 Å². The molecule has 6 nitrogen and oxygen atoms in total. The number of hydrogen-bond donors (Lipinski definition) is 6. The highest BCUT2D eigenvalue weighted by Crippen LogP contribution is 2.21. The zero-order valence-corrected chi connectivity index (χ0v) is 12.1. The van der Waals surface area contributed by atoms with Gasteiger partial charge in [0, 0.05) is 0 Å². The molecule has 0 aliphatic heterocycles. The first-order valence-electron chi connectivity index (χ1n) is 7.64. The van der Waals surface area contributed by atoms with E-state index in [4.69, 9.17) is 0 Å². The summed E-state index contributed by atoms with van der Waals surface area (Å²) in [6.07, 6.45) is -0.191. The molecule has 4 atom stereocenters. The van der Waals surface area contributed by atoms with Crippen LogP contribution in [0.5, 0.6) is 0 Å². The van der Waals surface area contributed by atoms with Crippen LogP contribution in [-0.2, 0) is 0 Å². The zero-order valence-electron chi connectivity index (χ0n) is 12.1. The van der Waals surface area contributed by atoms with Gasteiger partial charge in [-0.2, -0.15) is 0 Å². The fourth-order valence-corrected chi connectivity index (χ4v) is 2.65. The van der Waals surface area contributed by atoms with Crippen molar-refractivity contribution in [2.24, 2.45) is 0 Å². The summed E-state index contributed by atoms with van der Waals surface area (Å²) in [6.45, 7) is 2.76. The summed E-state index contributed by atoms with van der Waals surface area (Å²) in [5, 5.41) is 51.2. The molecule has 0 radical (unpaired) electrons. The molecule has 0 aromatic carbocycles. The third kappa shape index (κ3) is 4.65. The molecule has 120 valence electrons.